The van der Waals surface area contributed by atoms with Crippen molar-refractivity contribution in [2.24, 2.45) is 11.1 Å². The number of carbonyl (C=O) groups excluding carboxylic acids is 1. The molecule has 1 fully saturated rings. The van der Waals surface area contributed by atoms with Crippen molar-refractivity contribution in [2.75, 3.05) is 6.61 Å². The molecule has 0 aromatic carbocycles. The van der Waals surface area contributed by atoms with E-state index in [1.54, 1.807) is 33.2 Å². The third kappa shape index (κ3) is 5.87. The van der Waals surface area contributed by atoms with Crippen molar-refractivity contribution in [3.05, 3.63) is 12.4 Å². The van der Waals surface area contributed by atoms with Gasteiger partial charge in [0.1, 0.15) is 5.60 Å². The number of hydrogen-bond acceptors (Lipinski definition) is 5. The number of H-pyrrole nitrogens is 1. The first-order chi connectivity index (χ1) is 10.3. The molecular formula is C15H28BN3O4. The molecule has 0 radical (unpaired) electrons. The number of hydrogen-bond donors (Lipinski definition) is 2. The van der Waals surface area contributed by atoms with Crippen molar-refractivity contribution < 1.29 is 18.8 Å². The number of amides is 1. The fraction of sp³-hybridized carbons (Fsp3) is 0.733. The first-order valence-corrected chi connectivity index (χ1v) is 7.61. The fourth-order valence-electron chi connectivity index (χ4n) is 1.77. The lowest BCUT2D eigenvalue weighted by molar-refractivity contribution is -0.0937. The molecule has 8 heteroatoms. The number of aromatic nitrogens is 2. The number of nitrogens with one attached hydrogen (secondary N) is 1. The van der Waals surface area contributed by atoms with E-state index in [0.717, 1.165) is 5.46 Å². The van der Waals surface area contributed by atoms with Gasteiger partial charge >= 0.3 is 13.2 Å². The van der Waals surface area contributed by atoms with Gasteiger partial charge in [-0.05, 0) is 34.6 Å². The maximum atomic E-state index is 10.0. The van der Waals surface area contributed by atoms with Crippen LogP contribution in [-0.2, 0) is 14.0 Å². The largest absolute Gasteiger partial charge is 0.497 e. The van der Waals surface area contributed by atoms with Crippen LogP contribution in [0.3, 0.4) is 0 Å². The van der Waals surface area contributed by atoms with Gasteiger partial charge in [0, 0.05) is 29.9 Å². The van der Waals surface area contributed by atoms with E-state index in [0.29, 0.717) is 6.61 Å². The molecule has 0 aliphatic carbocycles. The van der Waals surface area contributed by atoms with Gasteiger partial charge in [-0.2, -0.15) is 5.10 Å². The molecule has 130 valence electrons. The van der Waals surface area contributed by atoms with Gasteiger partial charge in [-0.1, -0.05) is 13.8 Å². The van der Waals surface area contributed by atoms with E-state index in [1.165, 1.54) is 0 Å². The SMILES string of the molecule is CC(C)(C)OC(N)=O.CC1(C)COB(c2cn[nH]c2)OC1(C)C. The molecule has 0 saturated carbocycles. The number of nitrogens with zero attached hydrogens (tertiary/aromatic N) is 1. The Labute approximate surface area is 138 Å². The second-order valence-corrected chi connectivity index (χ2v) is 7.72. The van der Waals surface area contributed by atoms with Crippen LogP contribution in [-0.4, -0.2) is 41.2 Å². The zero-order chi connectivity index (χ0) is 17.9. The number of carbonyl (C=O) groups is 1. The molecule has 23 heavy (non-hydrogen) atoms. The second-order valence-electron chi connectivity index (χ2n) is 7.72. The Kier molecular flexibility index (Phi) is 5.87. The predicted molar refractivity (Wildman–Crippen MR) is 89.3 cm³/mol. The van der Waals surface area contributed by atoms with Gasteiger partial charge in [0.25, 0.3) is 0 Å². The van der Waals surface area contributed by atoms with Gasteiger partial charge in [-0.3, -0.25) is 5.10 Å². The summed E-state index contributed by atoms with van der Waals surface area (Å²) >= 11 is 0. The van der Waals surface area contributed by atoms with Crippen LogP contribution in [0.2, 0.25) is 0 Å². The Morgan fingerprint density at radius 3 is 2.35 bits per heavy atom. The molecule has 1 aliphatic heterocycles. The molecule has 0 spiro atoms. The van der Waals surface area contributed by atoms with Crippen molar-refractivity contribution in [3.63, 3.8) is 0 Å². The van der Waals surface area contributed by atoms with Crippen LogP contribution >= 0.6 is 0 Å². The van der Waals surface area contributed by atoms with E-state index in [4.69, 9.17) is 15.0 Å². The highest BCUT2D eigenvalue weighted by Crippen LogP contribution is 2.37. The van der Waals surface area contributed by atoms with Crippen molar-refractivity contribution in [3.8, 4) is 0 Å². The molecule has 0 unspecified atom stereocenters. The molecular weight excluding hydrogens is 297 g/mol. The van der Waals surface area contributed by atoms with E-state index < -0.39 is 11.7 Å². The lowest BCUT2D eigenvalue weighted by Crippen LogP contribution is -2.57. The molecule has 2 heterocycles. The molecule has 2 rings (SSSR count). The summed E-state index contributed by atoms with van der Waals surface area (Å²) in [6, 6.07) is 0. The average molecular weight is 325 g/mol. The van der Waals surface area contributed by atoms with Crippen LogP contribution in [0.5, 0.6) is 0 Å². The highest BCUT2D eigenvalue weighted by molar-refractivity contribution is 6.61. The summed E-state index contributed by atoms with van der Waals surface area (Å²) in [5.74, 6) is 0. The summed E-state index contributed by atoms with van der Waals surface area (Å²) in [5, 5.41) is 6.66. The number of ether oxygens (including phenoxy) is 1. The van der Waals surface area contributed by atoms with E-state index in [2.05, 4.69) is 42.6 Å². The summed E-state index contributed by atoms with van der Waals surface area (Å²) in [5.41, 5.74) is 5.03. The molecule has 0 bridgehead atoms. The molecule has 1 amide bonds. The van der Waals surface area contributed by atoms with Gasteiger partial charge < -0.3 is 19.8 Å². The molecule has 3 N–H and O–H groups in total. The standard InChI is InChI=1S/C10H17BN2O2.C5H11NO2/c1-9(2)7-14-11(15-10(9,3)4)8-5-12-13-6-8;1-5(2,3)8-4(6)7/h5-6H,7H2,1-4H3,(H,12,13);1-3H3,(H2,6,7). The number of nitrogens with two attached hydrogens (primary N) is 1. The molecule has 7 nitrogen and oxygen atoms in total. The zero-order valence-electron chi connectivity index (χ0n) is 15.1. The maximum Gasteiger partial charge on any atom is 0.497 e. The lowest BCUT2D eigenvalue weighted by Gasteiger charge is -2.47. The van der Waals surface area contributed by atoms with Gasteiger partial charge in [-0.25, -0.2) is 4.79 Å². The van der Waals surface area contributed by atoms with E-state index >= 15 is 0 Å². The van der Waals surface area contributed by atoms with Crippen LogP contribution in [0, 0.1) is 5.41 Å². The highest BCUT2D eigenvalue weighted by atomic mass is 16.6. The highest BCUT2D eigenvalue weighted by Gasteiger charge is 2.47. The molecule has 1 aromatic heterocycles. The van der Waals surface area contributed by atoms with E-state index in [9.17, 15) is 4.79 Å². The Hall–Kier alpha value is -1.54. The summed E-state index contributed by atoms with van der Waals surface area (Å²) in [7, 11) is -0.299. The van der Waals surface area contributed by atoms with Crippen molar-refractivity contribution in [2.45, 2.75) is 59.7 Å². The number of primary amides is 1. The van der Waals surface area contributed by atoms with Gasteiger partial charge in [-0.15, -0.1) is 0 Å². The third-order valence-electron chi connectivity index (χ3n) is 3.83. The van der Waals surface area contributed by atoms with Crippen LogP contribution in [0.1, 0.15) is 48.5 Å². The van der Waals surface area contributed by atoms with Crippen LogP contribution < -0.4 is 11.2 Å². The van der Waals surface area contributed by atoms with Crippen LogP contribution in [0.4, 0.5) is 4.79 Å². The van der Waals surface area contributed by atoms with Crippen LogP contribution in [0.25, 0.3) is 0 Å². The maximum absolute atomic E-state index is 10.0. The minimum Gasteiger partial charge on any atom is -0.444 e. The second kappa shape index (κ2) is 6.92. The quantitative estimate of drug-likeness (QED) is 0.768. The molecule has 1 aromatic rings. The summed E-state index contributed by atoms with van der Waals surface area (Å²) in [6.45, 7) is 14.5. The topological polar surface area (TPSA) is 99.5 Å². The normalized spacial score (nSPS) is 19.5. The molecule has 1 aliphatic rings. The van der Waals surface area contributed by atoms with Crippen LogP contribution in [0.15, 0.2) is 12.4 Å². The Morgan fingerprint density at radius 1 is 1.39 bits per heavy atom. The van der Waals surface area contributed by atoms with E-state index in [-0.39, 0.29) is 18.1 Å². The first kappa shape index (κ1) is 19.5. The molecule has 0 atom stereocenters. The summed E-state index contributed by atoms with van der Waals surface area (Å²) in [4.78, 5) is 10.0. The fourth-order valence-corrected chi connectivity index (χ4v) is 1.77. The first-order valence-electron chi connectivity index (χ1n) is 7.61. The lowest BCUT2D eigenvalue weighted by atomic mass is 9.70. The van der Waals surface area contributed by atoms with Gasteiger partial charge in [0.15, 0.2) is 0 Å². The number of aromatic amines is 1. The smallest absolute Gasteiger partial charge is 0.444 e. The van der Waals surface area contributed by atoms with Gasteiger partial charge in [0.2, 0.25) is 0 Å². The van der Waals surface area contributed by atoms with Crippen molar-refractivity contribution in [1.29, 1.82) is 0 Å². The summed E-state index contributed by atoms with van der Waals surface area (Å²) in [6.07, 6.45) is 2.82. The minimum atomic E-state index is -0.725. The average Bonchev–Trinajstić information content (AvgIpc) is 2.84. The third-order valence-corrected chi connectivity index (χ3v) is 3.83. The number of rotatable bonds is 1. The van der Waals surface area contributed by atoms with Gasteiger partial charge in [0.05, 0.1) is 5.60 Å². The van der Waals surface area contributed by atoms with Crippen molar-refractivity contribution >= 4 is 18.7 Å². The monoisotopic (exact) mass is 325 g/mol. The van der Waals surface area contributed by atoms with E-state index in [1.807, 2.05) is 0 Å². The zero-order valence-corrected chi connectivity index (χ0v) is 15.1. The summed E-state index contributed by atoms with van der Waals surface area (Å²) < 4.78 is 16.2. The Bertz CT molecular complexity index is 509. The molecule has 1 saturated heterocycles. The Balaban J connectivity index is 0.000000284. The van der Waals surface area contributed by atoms with Crippen molar-refractivity contribution in [1.82, 2.24) is 10.2 Å². The Morgan fingerprint density at radius 2 is 2.00 bits per heavy atom. The predicted octanol–water partition coefficient (Wildman–Crippen LogP) is 1.84. The minimum absolute atomic E-state index is 0.0211.